The van der Waals surface area contributed by atoms with E-state index in [9.17, 15) is 14.4 Å². The molecule has 3 rings (SSSR count). The monoisotopic (exact) mass is 291 g/mol. The van der Waals surface area contributed by atoms with E-state index in [1.807, 2.05) is 13.0 Å². The molecule has 2 atom stereocenters. The third-order valence-corrected chi connectivity index (χ3v) is 5.54. The van der Waals surface area contributed by atoms with E-state index in [2.05, 4.69) is 0 Å². The summed E-state index contributed by atoms with van der Waals surface area (Å²) < 4.78 is 0. The fourth-order valence-electron chi connectivity index (χ4n) is 3.16. The molecule has 0 spiro atoms. The molecule has 0 radical (unpaired) electrons. The van der Waals surface area contributed by atoms with Gasteiger partial charge in [0.05, 0.1) is 23.3 Å². The highest BCUT2D eigenvalue weighted by Crippen LogP contribution is 2.39. The molecule has 1 aliphatic heterocycles. The van der Waals surface area contributed by atoms with Crippen LogP contribution < -0.4 is 0 Å². The predicted molar refractivity (Wildman–Crippen MR) is 75.6 cm³/mol. The highest BCUT2D eigenvalue weighted by Gasteiger charge is 2.49. The lowest BCUT2D eigenvalue weighted by atomic mass is 10.00. The summed E-state index contributed by atoms with van der Waals surface area (Å²) in [6.45, 7) is 1.95. The zero-order valence-corrected chi connectivity index (χ0v) is 12.2. The minimum absolute atomic E-state index is 0.0890. The zero-order valence-electron chi connectivity index (χ0n) is 11.4. The smallest absolute Gasteiger partial charge is 0.233 e. The van der Waals surface area contributed by atoms with Crippen molar-refractivity contribution in [3.63, 3.8) is 0 Å². The van der Waals surface area contributed by atoms with Crippen LogP contribution in [0, 0.1) is 11.8 Å². The number of hydrogen-bond acceptors (Lipinski definition) is 4. The van der Waals surface area contributed by atoms with Crippen molar-refractivity contribution in [2.45, 2.75) is 32.6 Å². The van der Waals surface area contributed by atoms with Crippen molar-refractivity contribution in [2.24, 2.45) is 11.8 Å². The number of aryl methyl sites for hydroxylation is 1. The molecule has 106 valence electrons. The number of hydrogen-bond donors (Lipinski definition) is 0. The normalized spacial score (nSPS) is 25.4. The maximum Gasteiger partial charge on any atom is 0.233 e. The Morgan fingerprint density at radius 2 is 1.90 bits per heavy atom. The van der Waals surface area contributed by atoms with Gasteiger partial charge in [-0.3, -0.25) is 19.3 Å². The average Bonchev–Trinajstić information content (AvgIpc) is 3.13. The molecule has 1 saturated heterocycles. The van der Waals surface area contributed by atoms with Gasteiger partial charge in [0.15, 0.2) is 5.78 Å². The number of amides is 2. The third kappa shape index (κ3) is 2.10. The standard InChI is InChI=1S/C15H17NO3S/c1-2-9-6-7-13(20-9)12(17)8-16-14(18)10-4-3-5-11(10)15(16)19/h6-7,10-11H,2-5,8H2,1H3. The van der Waals surface area contributed by atoms with Crippen LogP contribution in [0.5, 0.6) is 0 Å². The lowest BCUT2D eigenvalue weighted by Gasteiger charge is -2.14. The van der Waals surface area contributed by atoms with Crippen LogP contribution in [0.1, 0.15) is 40.7 Å². The van der Waals surface area contributed by atoms with Gasteiger partial charge in [0.25, 0.3) is 0 Å². The van der Waals surface area contributed by atoms with Gasteiger partial charge < -0.3 is 0 Å². The molecule has 0 bridgehead atoms. The van der Waals surface area contributed by atoms with Crippen molar-refractivity contribution in [3.05, 3.63) is 21.9 Å². The van der Waals surface area contributed by atoms with Gasteiger partial charge in [-0.1, -0.05) is 13.3 Å². The van der Waals surface area contributed by atoms with E-state index in [0.717, 1.165) is 30.6 Å². The number of rotatable bonds is 4. The van der Waals surface area contributed by atoms with Gasteiger partial charge in [-0.05, 0) is 31.4 Å². The molecule has 0 N–H and O–H groups in total. The van der Waals surface area contributed by atoms with E-state index < -0.39 is 0 Å². The Balaban J connectivity index is 1.73. The number of fused-ring (bicyclic) bond motifs is 1. The molecule has 2 fully saturated rings. The lowest BCUT2D eigenvalue weighted by Crippen LogP contribution is -2.36. The quantitative estimate of drug-likeness (QED) is 0.631. The first kappa shape index (κ1) is 13.5. The molecular weight excluding hydrogens is 274 g/mol. The molecule has 1 aromatic rings. The maximum atomic E-state index is 12.2. The summed E-state index contributed by atoms with van der Waals surface area (Å²) in [5, 5.41) is 0. The Morgan fingerprint density at radius 1 is 1.25 bits per heavy atom. The van der Waals surface area contributed by atoms with E-state index in [4.69, 9.17) is 0 Å². The van der Waals surface area contributed by atoms with Crippen molar-refractivity contribution in [2.75, 3.05) is 6.54 Å². The van der Waals surface area contributed by atoms with Gasteiger partial charge in [0, 0.05) is 4.88 Å². The Kier molecular flexibility index (Phi) is 3.46. The number of ketones is 1. The van der Waals surface area contributed by atoms with Crippen LogP contribution in [-0.4, -0.2) is 29.0 Å². The molecule has 2 heterocycles. The fraction of sp³-hybridized carbons (Fsp3) is 0.533. The van der Waals surface area contributed by atoms with Gasteiger partial charge in [0.2, 0.25) is 11.8 Å². The van der Waals surface area contributed by atoms with Crippen LogP contribution in [0.4, 0.5) is 0 Å². The Bertz CT molecular complexity index is 555. The average molecular weight is 291 g/mol. The Labute approximate surface area is 121 Å². The summed E-state index contributed by atoms with van der Waals surface area (Å²) in [5.74, 6) is -0.734. The van der Waals surface area contributed by atoms with Crippen molar-refractivity contribution in [3.8, 4) is 0 Å². The lowest BCUT2D eigenvalue weighted by molar-refractivity contribution is -0.139. The highest BCUT2D eigenvalue weighted by molar-refractivity contribution is 7.14. The highest BCUT2D eigenvalue weighted by atomic mass is 32.1. The van der Waals surface area contributed by atoms with Crippen LogP contribution in [0.3, 0.4) is 0 Å². The molecule has 2 aliphatic rings. The van der Waals surface area contributed by atoms with Crippen molar-refractivity contribution >= 4 is 28.9 Å². The third-order valence-electron chi connectivity index (χ3n) is 4.27. The Hall–Kier alpha value is -1.49. The second-order valence-electron chi connectivity index (χ2n) is 5.45. The molecule has 2 unspecified atom stereocenters. The summed E-state index contributed by atoms with van der Waals surface area (Å²) in [7, 11) is 0. The maximum absolute atomic E-state index is 12.2. The number of Topliss-reactive ketones (excluding diaryl/α,β-unsaturated/α-hetero) is 1. The van der Waals surface area contributed by atoms with Crippen molar-refractivity contribution in [1.82, 2.24) is 4.90 Å². The van der Waals surface area contributed by atoms with Gasteiger partial charge >= 0.3 is 0 Å². The largest absolute Gasteiger partial charge is 0.291 e. The zero-order chi connectivity index (χ0) is 14.3. The van der Waals surface area contributed by atoms with Crippen LogP contribution in [0.15, 0.2) is 12.1 Å². The van der Waals surface area contributed by atoms with Crippen LogP contribution in [0.25, 0.3) is 0 Å². The second-order valence-corrected chi connectivity index (χ2v) is 6.62. The number of carbonyl (C=O) groups is 3. The van der Waals surface area contributed by atoms with E-state index in [0.29, 0.717) is 4.88 Å². The van der Waals surface area contributed by atoms with Gasteiger partial charge in [0.1, 0.15) is 0 Å². The summed E-state index contributed by atoms with van der Waals surface area (Å²) in [5.41, 5.74) is 0. The number of thiophene rings is 1. The first-order valence-corrected chi connectivity index (χ1v) is 7.90. The van der Waals surface area contributed by atoms with Crippen LogP contribution in [-0.2, 0) is 16.0 Å². The van der Waals surface area contributed by atoms with E-state index in [1.54, 1.807) is 6.07 Å². The number of imide groups is 1. The number of carbonyl (C=O) groups excluding carboxylic acids is 3. The molecule has 2 amide bonds. The van der Waals surface area contributed by atoms with Gasteiger partial charge in [-0.2, -0.15) is 0 Å². The van der Waals surface area contributed by atoms with Gasteiger partial charge in [-0.15, -0.1) is 11.3 Å². The van der Waals surface area contributed by atoms with Crippen LogP contribution in [0.2, 0.25) is 0 Å². The minimum Gasteiger partial charge on any atom is -0.291 e. The fourth-order valence-corrected chi connectivity index (χ4v) is 4.03. The SMILES string of the molecule is CCc1ccc(C(=O)CN2C(=O)C3CCCC3C2=O)s1. The predicted octanol–water partition coefficient (Wildman–Crippen LogP) is 2.28. The van der Waals surface area contributed by atoms with Crippen molar-refractivity contribution in [1.29, 1.82) is 0 Å². The molecule has 5 heteroatoms. The summed E-state index contributed by atoms with van der Waals surface area (Å²) >= 11 is 1.45. The number of nitrogens with zero attached hydrogens (tertiary/aromatic N) is 1. The molecule has 1 aromatic heterocycles. The minimum atomic E-state index is -0.162. The molecule has 0 aromatic carbocycles. The summed E-state index contributed by atoms with van der Waals surface area (Å²) in [6.07, 6.45) is 3.42. The summed E-state index contributed by atoms with van der Waals surface area (Å²) in [6, 6.07) is 3.72. The molecule has 1 saturated carbocycles. The molecule has 4 nitrogen and oxygen atoms in total. The van der Waals surface area contributed by atoms with Crippen LogP contribution >= 0.6 is 11.3 Å². The Morgan fingerprint density at radius 3 is 2.45 bits per heavy atom. The van der Waals surface area contributed by atoms with Crippen molar-refractivity contribution < 1.29 is 14.4 Å². The summed E-state index contributed by atoms with van der Waals surface area (Å²) in [4.78, 5) is 39.5. The molecule has 1 aliphatic carbocycles. The molecule has 20 heavy (non-hydrogen) atoms. The molecular formula is C15H17NO3S. The topological polar surface area (TPSA) is 54.5 Å². The second kappa shape index (κ2) is 5.13. The number of likely N-dealkylation sites (tertiary alicyclic amines) is 1. The first-order valence-electron chi connectivity index (χ1n) is 7.09. The van der Waals surface area contributed by atoms with E-state index >= 15 is 0 Å². The van der Waals surface area contributed by atoms with Gasteiger partial charge in [-0.25, -0.2) is 0 Å². The van der Waals surface area contributed by atoms with E-state index in [-0.39, 0.29) is 36.0 Å². The first-order chi connectivity index (χ1) is 9.61. The van der Waals surface area contributed by atoms with E-state index in [1.165, 1.54) is 16.2 Å².